The van der Waals surface area contributed by atoms with Crippen LogP contribution in [0.4, 0.5) is 5.82 Å². The molecule has 0 aromatic carbocycles. The van der Waals surface area contributed by atoms with Gasteiger partial charge >= 0.3 is 0 Å². The summed E-state index contributed by atoms with van der Waals surface area (Å²) in [4.78, 5) is 11.6. The van der Waals surface area contributed by atoms with Crippen LogP contribution in [0.25, 0.3) is 0 Å². The van der Waals surface area contributed by atoms with Crippen LogP contribution in [-0.2, 0) is 4.74 Å². The summed E-state index contributed by atoms with van der Waals surface area (Å²) in [6, 6.07) is 6.48. The summed E-state index contributed by atoms with van der Waals surface area (Å²) in [5.41, 5.74) is 8.02. The number of nitrogens with zero attached hydrogens (tertiary/aromatic N) is 3. The molecule has 3 aliphatic rings. The van der Waals surface area contributed by atoms with Gasteiger partial charge in [-0.3, -0.25) is 4.99 Å². The molecular weight excluding hydrogens is 366 g/mol. The Bertz CT molecular complexity index is 896. The topological polar surface area (TPSA) is 112 Å². The van der Waals surface area contributed by atoms with Crippen molar-refractivity contribution in [3.8, 4) is 0 Å². The number of methoxy groups -OCH3 is 1. The quantitative estimate of drug-likeness (QED) is 0.550. The van der Waals surface area contributed by atoms with Crippen molar-refractivity contribution in [2.75, 3.05) is 32.1 Å². The van der Waals surface area contributed by atoms with E-state index in [1.54, 1.807) is 7.11 Å². The highest BCUT2D eigenvalue weighted by molar-refractivity contribution is 5.99. The molecule has 3 aliphatic heterocycles. The molecule has 0 amide bonds. The molecule has 2 unspecified atom stereocenters. The van der Waals surface area contributed by atoms with Crippen molar-refractivity contribution in [2.45, 2.75) is 24.9 Å². The molecule has 4 rings (SSSR count). The van der Waals surface area contributed by atoms with Crippen LogP contribution in [0.3, 0.4) is 0 Å². The van der Waals surface area contributed by atoms with E-state index in [9.17, 15) is 0 Å². The van der Waals surface area contributed by atoms with Gasteiger partial charge in [0, 0.05) is 48.4 Å². The smallest absolute Gasteiger partial charge is 0.132 e. The Morgan fingerprint density at radius 1 is 1.45 bits per heavy atom. The Hall–Kier alpha value is -3.13. The van der Waals surface area contributed by atoms with Gasteiger partial charge in [0.05, 0.1) is 25.4 Å². The molecule has 5 N–H and O–H groups in total. The number of ether oxygens (including phenoxy) is 1. The maximum absolute atomic E-state index is 7.64. The Morgan fingerprint density at radius 3 is 3.07 bits per heavy atom. The van der Waals surface area contributed by atoms with Crippen molar-refractivity contribution in [1.29, 1.82) is 5.41 Å². The molecule has 0 saturated carbocycles. The summed E-state index contributed by atoms with van der Waals surface area (Å²) in [5.74, 6) is 2.36. The van der Waals surface area contributed by atoms with Crippen LogP contribution in [0.1, 0.15) is 24.6 Å². The molecule has 1 aromatic rings. The lowest BCUT2D eigenvalue weighted by atomic mass is 10.0. The molecule has 0 bridgehead atoms. The molecule has 1 saturated heterocycles. The number of pyridine rings is 1. The van der Waals surface area contributed by atoms with Crippen LogP contribution in [0, 0.1) is 5.41 Å². The first kappa shape index (κ1) is 19.2. The normalized spacial score (nSPS) is 24.2. The molecule has 8 nitrogen and oxygen atoms in total. The fourth-order valence-electron chi connectivity index (χ4n) is 3.92. The minimum absolute atomic E-state index is 0.00866. The minimum Gasteiger partial charge on any atom is -0.496 e. The van der Waals surface area contributed by atoms with E-state index in [-0.39, 0.29) is 6.04 Å². The number of hydrogen-bond acceptors (Lipinski definition) is 8. The van der Waals surface area contributed by atoms with Crippen LogP contribution >= 0.6 is 0 Å². The largest absolute Gasteiger partial charge is 0.496 e. The van der Waals surface area contributed by atoms with Crippen LogP contribution in [0.5, 0.6) is 0 Å². The molecule has 0 spiro atoms. The molecule has 152 valence electrons. The highest BCUT2D eigenvalue weighted by Crippen LogP contribution is 2.34. The molecule has 1 fully saturated rings. The van der Waals surface area contributed by atoms with Gasteiger partial charge in [-0.25, -0.2) is 4.98 Å². The maximum atomic E-state index is 7.64. The van der Waals surface area contributed by atoms with E-state index in [4.69, 9.17) is 20.9 Å². The van der Waals surface area contributed by atoms with Crippen LogP contribution < -0.4 is 16.4 Å². The second-order valence-electron chi connectivity index (χ2n) is 7.28. The number of anilines is 1. The average molecular weight is 393 g/mol. The summed E-state index contributed by atoms with van der Waals surface area (Å²) in [7, 11) is 1.61. The first-order chi connectivity index (χ1) is 14.2. The number of allylic oxidation sites excluding steroid dienone is 1. The van der Waals surface area contributed by atoms with Crippen molar-refractivity contribution in [2.24, 2.45) is 10.7 Å². The monoisotopic (exact) mass is 393 g/mol. The summed E-state index contributed by atoms with van der Waals surface area (Å²) in [6.45, 7) is 2.66. The van der Waals surface area contributed by atoms with Crippen molar-refractivity contribution in [3.63, 3.8) is 0 Å². The van der Waals surface area contributed by atoms with Gasteiger partial charge in [0.25, 0.3) is 0 Å². The van der Waals surface area contributed by atoms with Crippen LogP contribution in [0.2, 0.25) is 0 Å². The molecule has 4 heterocycles. The van der Waals surface area contributed by atoms with E-state index in [0.29, 0.717) is 23.9 Å². The predicted octanol–water partition coefficient (Wildman–Crippen LogP) is 1.92. The lowest BCUT2D eigenvalue weighted by Crippen LogP contribution is -2.38. The number of amidine groups is 1. The third-order valence-corrected chi connectivity index (χ3v) is 5.45. The fraction of sp³-hybridized carbons (Fsp3) is 0.381. The predicted molar refractivity (Wildman–Crippen MR) is 115 cm³/mol. The Kier molecular flexibility index (Phi) is 5.62. The highest BCUT2D eigenvalue weighted by Gasteiger charge is 2.32. The van der Waals surface area contributed by atoms with E-state index < -0.39 is 0 Å². The molecular formula is C21H27N7O. The number of nitrogens with two attached hydrogens (primary N) is 1. The van der Waals surface area contributed by atoms with Gasteiger partial charge in [-0.2, -0.15) is 0 Å². The average Bonchev–Trinajstić information content (AvgIpc) is 3.18. The second kappa shape index (κ2) is 8.48. The Balaban J connectivity index is 1.58. The number of rotatable bonds is 6. The van der Waals surface area contributed by atoms with Crippen LogP contribution in [-0.4, -0.2) is 54.7 Å². The van der Waals surface area contributed by atoms with Gasteiger partial charge in [0.1, 0.15) is 17.4 Å². The SMILES string of the molecule is COC1=CC2=NCC(c3cccc(NC4CCCNC4)n3)N2C=C1/C(C=N)=C/N. The second-order valence-corrected chi connectivity index (χ2v) is 7.28. The minimum atomic E-state index is -0.00866. The number of aliphatic imine (C=N–C) groups is 1. The van der Waals surface area contributed by atoms with Gasteiger partial charge < -0.3 is 31.4 Å². The van der Waals surface area contributed by atoms with Crippen molar-refractivity contribution in [1.82, 2.24) is 15.2 Å². The Morgan fingerprint density at radius 2 is 2.34 bits per heavy atom. The highest BCUT2D eigenvalue weighted by atomic mass is 16.5. The summed E-state index contributed by atoms with van der Waals surface area (Å²) in [5, 5.41) is 14.6. The third kappa shape index (κ3) is 3.88. The molecule has 8 heteroatoms. The van der Waals surface area contributed by atoms with E-state index in [1.807, 2.05) is 30.5 Å². The Labute approximate surface area is 170 Å². The first-order valence-corrected chi connectivity index (χ1v) is 9.91. The maximum Gasteiger partial charge on any atom is 0.132 e. The van der Waals surface area contributed by atoms with E-state index in [0.717, 1.165) is 42.4 Å². The van der Waals surface area contributed by atoms with E-state index >= 15 is 0 Å². The standard InChI is InChI=1S/C21H27N7O/c1-29-19-8-21-25-12-18(28(21)13-16(19)14(9-22)10-23)17-5-2-6-20(27-17)26-15-4-3-7-24-11-15/h2,5-6,8-10,13,15,18,22,24H,3-4,7,11-12,23H2,1H3,(H,26,27)/b14-10+,22-9?. The van der Waals surface area contributed by atoms with Crippen LogP contribution in [0.15, 0.2) is 58.6 Å². The molecule has 0 radical (unpaired) electrons. The zero-order valence-electron chi connectivity index (χ0n) is 16.6. The number of hydrogen-bond donors (Lipinski definition) is 4. The van der Waals surface area contributed by atoms with Gasteiger partial charge in [-0.1, -0.05) is 6.07 Å². The molecule has 2 atom stereocenters. The fourth-order valence-corrected chi connectivity index (χ4v) is 3.92. The third-order valence-electron chi connectivity index (χ3n) is 5.45. The summed E-state index contributed by atoms with van der Waals surface area (Å²) in [6.07, 6.45) is 8.81. The lowest BCUT2D eigenvalue weighted by Gasteiger charge is -2.29. The van der Waals surface area contributed by atoms with Gasteiger partial charge in [-0.15, -0.1) is 0 Å². The number of nitrogens with one attached hydrogen (secondary N) is 3. The van der Waals surface area contributed by atoms with Crippen molar-refractivity contribution < 1.29 is 4.74 Å². The van der Waals surface area contributed by atoms with Gasteiger partial charge in [-0.05, 0) is 31.5 Å². The van der Waals surface area contributed by atoms with E-state index in [1.165, 1.54) is 18.8 Å². The number of fused-ring (bicyclic) bond motifs is 1. The summed E-state index contributed by atoms with van der Waals surface area (Å²) >= 11 is 0. The molecule has 0 aliphatic carbocycles. The first-order valence-electron chi connectivity index (χ1n) is 9.91. The number of piperidine rings is 1. The lowest BCUT2D eigenvalue weighted by molar-refractivity contribution is 0.297. The van der Waals surface area contributed by atoms with Gasteiger partial charge in [0.2, 0.25) is 0 Å². The molecule has 29 heavy (non-hydrogen) atoms. The molecule has 1 aromatic heterocycles. The van der Waals surface area contributed by atoms with Crippen molar-refractivity contribution in [3.05, 3.63) is 59.3 Å². The number of aromatic nitrogens is 1. The van der Waals surface area contributed by atoms with Gasteiger partial charge in [0.15, 0.2) is 0 Å². The van der Waals surface area contributed by atoms with Crippen molar-refractivity contribution >= 4 is 17.9 Å². The zero-order chi connectivity index (χ0) is 20.2. The summed E-state index contributed by atoms with van der Waals surface area (Å²) < 4.78 is 5.50. The van der Waals surface area contributed by atoms with E-state index in [2.05, 4.69) is 20.5 Å². The zero-order valence-corrected chi connectivity index (χ0v) is 16.6.